The Bertz CT molecular complexity index is 916. The lowest BCUT2D eigenvalue weighted by molar-refractivity contribution is -0.138. The molecule has 0 spiro atoms. The Morgan fingerprint density at radius 2 is 1.72 bits per heavy atom. The lowest BCUT2D eigenvalue weighted by atomic mass is 10.1. The number of hydrogen-bond donors (Lipinski definition) is 3. The van der Waals surface area contributed by atoms with Gasteiger partial charge in [0.2, 0.25) is 5.91 Å². The minimum absolute atomic E-state index is 0. The van der Waals surface area contributed by atoms with E-state index < -0.39 is 24.1 Å². The van der Waals surface area contributed by atoms with Crippen molar-refractivity contribution in [2.24, 2.45) is 11.5 Å². The number of esters is 1. The number of likely N-dealkylation sites (tertiary alicyclic amines) is 1. The van der Waals surface area contributed by atoms with Gasteiger partial charge in [-0.25, -0.2) is 9.59 Å². The van der Waals surface area contributed by atoms with E-state index in [2.05, 4.69) is 5.32 Å². The lowest BCUT2D eigenvalue weighted by Gasteiger charge is -2.20. The average molecular weight is 485 g/mol. The van der Waals surface area contributed by atoms with Crippen LogP contribution in [-0.4, -0.2) is 48.0 Å². The fourth-order valence-corrected chi connectivity index (χ4v) is 3.25. The van der Waals surface area contributed by atoms with Crippen molar-refractivity contribution >= 4 is 42.7 Å². The van der Waals surface area contributed by atoms with Gasteiger partial charge in [-0.15, -0.1) is 24.8 Å². The second-order valence-corrected chi connectivity index (χ2v) is 6.88. The molecule has 2 aromatic rings. The van der Waals surface area contributed by atoms with Gasteiger partial charge in [0.15, 0.2) is 0 Å². The molecule has 3 rings (SSSR count). The van der Waals surface area contributed by atoms with Crippen LogP contribution in [0.25, 0.3) is 0 Å². The number of hydrogen-bond acceptors (Lipinski definition) is 6. The first-order valence-electron chi connectivity index (χ1n) is 9.50. The summed E-state index contributed by atoms with van der Waals surface area (Å²) in [5.41, 5.74) is 11.7. The number of ether oxygens (including phenoxy) is 2. The molecule has 1 heterocycles. The van der Waals surface area contributed by atoms with Gasteiger partial charge in [0, 0.05) is 25.1 Å². The first-order valence-corrected chi connectivity index (χ1v) is 9.50. The molecule has 1 fully saturated rings. The molecule has 0 radical (unpaired) electrons. The van der Waals surface area contributed by atoms with Gasteiger partial charge < -0.3 is 31.2 Å². The maximum atomic E-state index is 12.7. The summed E-state index contributed by atoms with van der Waals surface area (Å²) < 4.78 is 11.2. The zero-order chi connectivity index (χ0) is 21.5. The molecule has 0 saturated carbocycles. The zero-order valence-electron chi connectivity index (χ0n) is 17.1. The molecule has 32 heavy (non-hydrogen) atoms. The summed E-state index contributed by atoms with van der Waals surface area (Å²) in [6.45, 7) is 0.303. The summed E-state index contributed by atoms with van der Waals surface area (Å²) in [7, 11) is 0. The SMILES string of the molecule is Cl.Cl.NCC(=O)NC1C[C@@H](C(=O)Oc2cccc(OCc3ccccc3)c2)N(C(N)=O)C1. The maximum absolute atomic E-state index is 12.7. The Kier molecular flexibility index (Phi) is 10.8. The molecule has 3 amide bonds. The fourth-order valence-electron chi connectivity index (χ4n) is 3.25. The molecule has 1 aliphatic rings. The zero-order valence-corrected chi connectivity index (χ0v) is 18.8. The molecule has 0 aromatic heterocycles. The largest absolute Gasteiger partial charge is 0.489 e. The van der Waals surface area contributed by atoms with Gasteiger partial charge in [0.1, 0.15) is 24.1 Å². The van der Waals surface area contributed by atoms with E-state index in [-0.39, 0.29) is 56.0 Å². The Labute approximate surface area is 198 Å². The van der Waals surface area contributed by atoms with E-state index in [9.17, 15) is 14.4 Å². The summed E-state index contributed by atoms with van der Waals surface area (Å²) >= 11 is 0. The van der Waals surface area contributed by atoms with Crippen LogP contribution >= 0.6 is 24.8 Å². The summed E-state index contributed by atoms with van der Waals surface area (Å²) in [6.07, 6.45) is 0.192. The third-order valence-electron chi connectivity index (χ3n) is 4.68. The lowest BCUT2D eigenvalue weighted by Crippen LogP contribution is -2.45. The highest BCUT2D eigenvalue weighted by atomic mass is 35.5. The Hall–Kier alpha value is -3.01. The number of benzene rings is 2. The molecule has 5 N–H and O–H groups in total. The molecule has 174 valence electrons. The van der Waals surface area contributed by atoms with Crippen LogP contribution in [0.15, 0.2) is 54.6 Å². The second-order valence-electron chi connectivity index (χ2n) is 6.88. The second kappa shape index (κ2) is 12.7. The topological polar surface area (TPSA) is 137 Å². The number of nitrogens with zero attached hydrogens (tertiary/aromatic N) is 1. The molecule has 1 unspecified atom stereocenters. The van der Waals surface area contributed by atoms with Crippen molar-refractivity contribution < 1.29 is 23.9 Å². The number of primary amides is 1. The molecular formula is C21H26Cl2N4O5. The van der Waals surface area contributed by atoms with E-state index in [0.717, 1.165) is 5.56 Å². The van der Waals surface area contributed by atoms with Crippen molar-refractivity contribution in [1.29, 1.82) is 0 Å². The van der Waals surface area contributed by atoms with Gasteiger partial charge in [-0.3, -0.25) is 4.79 Å². The van der Waals surface area contributed by atoms with Gasteiger partial charge in [-0.05, 0) is 17.7 Å². The van der Waals surface area contributed by atoms with E-state index in [0.29, 0.717) is 12.4 Å². The van der Waals surface area contributed by atoms with E-state index >= 15 is 0 Å². The van der Waals surface area contributed by atoms with Crippen LogP contribution in [-0.2, 0) is 16.2 Å². The van der Waals surface area contributed by atoms with E-state index in [1.54, 1.807) is 24.3 Å². The van der Waals surface area contributed by atoms with Crippen LogP contribution in [0.1, 0.15) is 12.0 Å². The quantitative estimate of drug-likeness (QED) is 0.403. The fraction of sp³-hybridized carbons (Fsp3) is 0.286. The normalized spacial score (nSPS) is 16.8. The van der Waals surface area contributed by atoms with Crippen LogP contribution in [0.5, 0.6) is 11.5 Å². The summed E-state index contributed by atoms with van der Waals surface area (Å²) in [5.74, 6) is -0.194. The van der Waals surface area contributed by atoms with Crippen LogP contribution in [0, 0.1) is 0 Å². The Morgan fingerprint density at radius 1 is 1.03 bits per heavy atom. The van der Waals surface area contributed by atoms with Crippen LogP contribution < -0.4 is 26.3 Å². The summed E-state index contributed by atoms with van der Waals surface area (Å²) in [5, 5.41) is 2.66. The predicted molar refractivity (Wildman–Crippen MR) is 123 cm³/mol. The molecule has 2 aromatic carbocycles. The third-order valence-corrected chi connectivity index (χ3v) is 4.68. The van der Waals surface area contributed by atoms with Gasteiger partial charge in [-0.2, -0.15) is 0 Å². The standard InChI is InChI=1S/C21H24N4O5.2ClH/c22-11-19(26)24-15-9-18(25(12-15)21(23)28)20(27)30-17-8-4-7-16(10-17)29-13-14-5-2-1-3-6-14;;/h1-8,10,15,18H,9,11-13,22H2,(H2,23,28)(H,24,26);2*1H/t15?,18-;;/m0../s1. The smallest absolute Gasteiger partial charge is 0.334 e. The van der Waals surface area contributed by atoms with Crippen LogP contribution in [0.4, 0.5) is 4.79 Å². The van der Waals surface area contributed by atoms with Crippen molar-refractivity contribution in [2.45, 2.75) is 25.1 Å². The van der Waals surface area contributed by atoms with Crippen molar-refractivity contribution in [2.75, 3.05) is 13.1 Å². The molecule has 11 heteroatoms. The third kappa shape index (κ3) is 7.30. The molecular weight excluding hydrogens is 459 g/mol. The van der Waals surface area contributed by atoms with E-state index in [1.807, 2.05) is 30.3 Å². The highest BCUT2D eigenvalue weighted by Gasteiger charge is 2.40. The van der Waals surface area contributed by atoms with Crippen molar-refractivity contribution in [3.63, 3.8) is 0 Å². The van der Waals surface area contributed by atoms with E-state index in [4.69, 9.17) is 20.9 Å². The van der Waals surface area contributed by atoms with Crippen molar-refractivity contribution in [3.05, 3.63) is 60.2 Å². The number of rotatable bonds is 7. The highest BCUT2D eigenvalue weighted by molar-refractivity contribution is 5.86. The molecule has 0 aliphatic carbocycles. The Morgan fingerprint density at radius 3 is 2.38 bits per heavy atom. The number of nitrogens with two attached hydrogens (primary N) is 2. The predicted octanol–water partition coefficient (Wildman–Crippen LogP) is 1.61. The van der Waals surface area contributed by atoms with Crippen molar-refractivity contribution in [1.82, 2.24) is 10.2 Å². The number of carbonyl (C=O) groups is 3. The molecule has 1 aliphatic heterocycles. The van der Waals surface area contributed by atoms with Gasteiger partial charge in [0.05, 0.1) is 6.54 Å². The summed E-state index contributed by atoms with van der Waals surface area (Å²) in [4.78, 5) is 37.1. The molecule has 1 saturated heterocycles. The minimum atomic E-state index is -0.903. The average Bonchev–Trinajstić information content (AvgIpc) is 3.17. The summed E-state index contributed by atoms with van der Waals surface area (Å²) in [6, 6.07) is 14.2. The first-order chi connectivity index (χ1) is 14.5. The number of amides is 3. The number of nitrogens with one attached hydrogen (secondary N) is 1. The van der Waals surface area contributed by atoms with Gasteiger partial charge >= 0.3 is 12.0 Å². The van der Waals surface area contributed by atoms with Gasteiger partial charge in [0.25, 0.3) is 0 Å². The molecule has 0 bridgehead atoms. The highest BCUT2D eigenvalue weighted by Crippen LogP contribution is 2.24. The number of urea groups is 1. The van der Waals surface area contributed by atoms with E-state index in [1.165, 1.54) is 4.90 Å². The Balaban J connectivity index is 0.00000256. The molecule has 2 atom stereocenters. The first kappa shape index (κ1) is 27.0. The monoisotopic (exact) mass is 484 g/mol. The van der Waals surface area contributed by atoms with Crippen LogP contribution in [0.2, 0.25) is 0 Å². The maximum Gasteiger partial charge on any atom is 0.334 e. The van der Waals surface area contributed by atoms with Crippen LogP contribution in [0.3, 0.4) is 0 Å². The van der Waals surface area contributed by atoms with Crippen molar-refractivity contribution in [3.8, 4) is 11.5 Å². The molecule has 9 nitrogen and oxygen atoms in total. The minimum Gasteiger partial charge on any atom is -0.489 e. The number of carbonyl (C=O) groups excluding carboxylic acids is 3. The van der Waals surface area contributed by atoms with Gasteiger partial charge in [-0.1, -0.05) is 36.4 Å². The number of halogens is 2.